The first-order valence-electron chi connectivity index (χ1n) is 5.04. The molecule has 0 bridgehead atoms. The molecule has 0 radical (unpaired) electrons. The topological polar surface area (TPSA) is 81.3 Å². The van der Waals surface area contributed by atoms with Gasteiger partial charge in [-0.1, -0.05) is 0 Å². The maximum absolute atomic E-state index is 11.4. The number of rotatable bonds is 5. The Morgan fingerprint density at radius 1 is 1.31 bits per heavy atom. The fourth-order valence-corrected chi connectivity index (χ4v) is 1.19. The molecule has 0 atom stereocenters. The maximum atomic E-state index is 11.4. The second kappa shape index (κ2) is 5.89. The van der Waals surface area contributed by atoms with E-state index in [9.17, 15) is 9.59 Å². The van der Waals surface area contributed by atoms with Crippen LogP contribution in [0, 0.1) is 0 Å². The SMILES string of the molecule is CCOC(=O)Cc1[nH]ncc1C(=O)OCC. The quantitative estimate of drug-likeness (QED) is 0.747. The summed E-state index contributed by atoms with van der Waals surface area (Å²) in [5.74, 6) is -0.896. The normalized spacial score (nSPS) is 9.88. The predicted octanol–water partition coefficient (Wildman–Crippen LogP) is 0.692. The zero-order valence-corrected chi connectivity index (χ0v) is 9.28. The number of hydrogen-bond acceptors (Lipinski definition) is 5. The number of nitrogens with zero attached hydrogens (tertiary/aromatic N) is 1. The fraction of sp³-hybridized carbons (Fsp3) is 0.500. The standard InChI is InChI=1S/C10H14N2O4/c1-3-15-9(13)5-8-7(6-11-12-8)10(14)16-4-2/h6H,3-5H2,1-2H3,(H,11,12). The largest absolute Gasteiger partial charge is 0.466 e. The van der Waals surface area contributed by atoms with E-state index >= 15 is 0 Å². The van der Waals surface area contributed by atoms with Crippen molar-refractivity contribution in [3.8, 4) is 0 Å². The smallest absolute Gasteiger partial charge is 0.341 e. The van der Waals surface area contributed by atoms with Crippen LogP contribution in [0.15, 0.2) is 6.20 Å². The van der Waals surface area contributed by atoms with E-state index in [1.54, 1.807) is 13.8 Å². The van der Waals surface area contributed by atoms with Crippen molar-refractivity contribution in [3.63, 3.8) is 0 Å². The van der Waals surface area contributed by atoms with Crippen molar-refractivity contribution in [1.29, 1.82) is 0 Å². The number of hydrogen-bond donors (Lipinski definition) is 1. The van der Waals surface area contributed by atoms with E-state index in [1.165, 1.54) is 6.20 Å². The molecule has 1 aromatic heterocycles. The van der Waals surface area contributed by atoms with E-state index in [2.05, 4.69) is 10.2 Å². The number of ether oxygens (including phenoxy) is 2. The zero-order valence-electron chi connectivity index (χ0n) is 9.28. The molecular weight excluding hydrogens is 212 g/mol. The highest BCUT2D eigenvalue weighted by Crippen LogP contribution is 2.08. The minimum Gasteiger partial charge on any atom is -0.466 e. The zero-order chi connectivity index (χ0) is 12.0. The number of esters is 2. The first-order chi connectivity index (χ1) is 7.69. The van der Waals surface area contributed by atoms with Crippen LogP contribution in [0.25, 0.3) is 0 Å². The van der Waals surface area contributed by atoms with Crippen LogP contribution < -0.4 is 0 Å². The lowest BCUT2D eigenvalue weighted by molar-refractivity contribution is -0.142. The average Bonchev–Trinajstić information content (AvgIpc) is 2.66. The van der Waals surface area contributed by atoms with Gasteiger partial charge >= 0.3 is 11.9 Å². The molecule has 0 aromatic carbocycles. The molecule has 0 fully saturated rings. The van der Waals surface area contributed by atoms with Gasteiger partial charge in [0.2, 0.25) is 0 Å². The van der Waals surface area contributed by atoms with Crippen molar-refractivity contribution in [1.82, 2.24) is 10.2 Å². The third-order valence-corrected chi connectivity index (χ3v) is 1.84. The van der Waals surface area contributed by atoms with Gasteiger partial charge in [-0.05, 0) is 13.8 Å². The highest BCUT2D eigenvalue weighted by Gasteiger charge is 2.17. The Kier molecular flexibility index (Phi) is 4.50. The number of carbonyl (C=O) groups excluding carboxylic acids is 2. The molecule has 0 unspecified atom stereocenters. The van der Waals surface area contributed by atoms with Crippen LogP contribution in [-0.4, -0.2) is 35.3 Å². The molecule has 0 saturated carbocycles. The van der Waals surface area contributed by atoms with Crippen LogP contribution in [0.5, 0.6) is 0 Å². The monoisotopic (exact) mass is 226 g/mol. The Morgan fingerprint density at radius 2 is 2.00 bits per heavy atom. The Balaban J connectivity index is 2.70. The number of nitrogens with one attached hydrogen (secondary N) is 1. The summed E-state index contributed by atoms with van der Waals surface area (Å²) in [6.45, 7) is 4.02. The van der Waals surface area contributed by atoms with E-state index in [1.807, 2.05) is 0 Å². The molecule has 0 spiro atoms. The van der Waals surface area contributed by atoms with Crippen LogP contribution in [0.1, 0.15) is 29.9 Å². The Labute approximate surface area is 92.9 Å². The summed E-state index contributed by atoms with van der Waals surface area (Å²) in [7, 11) is 0. The molecule has 1 N–H and O–H groups in total. The van der Waals surface area contributed by atoms with Gasteiger partial charge in [-0.3, -0.25) is 9.89 Å². The summed E-state index contributed by atoms with van der Waals surface area (Å²) in [5.41, 5.74) is 0.687. The molecular formula is C10H14N2O4. The molecule has 88 valence electrons. The molecule has 1 aromatic rings. The highest BCUT2D eigenvalue weighted by atomic mass is 16.5. The molecule has 0 amide bonds. The van der Waals surface area contributed by atoms with E-state index in [0.717, 1.165) is 0 Å². The van der Waals surface area contributed by atoms with Crippen molar-refractivity contribution in [2.45, 2.75) is 20.3 Å². The molecule has 1 rings (SSSR count). The van der Waals surface area contributed by atoms with Gasteiger partial charge in [0.1, 0.15) is 5.56 Å². The molecule has 1 heterocycles. The van der Waals surface area contributed by atoms with Crippen LogP contribution in [-0.2, 0) is 20.7 Å². The number of aromatic nitrogens is 2. The summed E-state index contributed by atoms with van der Waals surface area (Å²) in [6, 6.07) is 0. The van der Waals surface area contributed by atoms with Gasteiger partial charge in [-0.25, -0.2) is 4.79 Å². The summed E-state index contributed by atoms with van der Waals surface area (Å²) < 4.78 is 9.59. The minimum absolute atomic E-state index is 0.0119. The van der Waals surface area contributed by atoms with Crippen LogP contribution in [0.2, 0.25) is 0 Å². The van der Waals surface area contributed by atoms with Crippen molar-refractivity contribution in [2.75, 3.05) is 13.2 Å². The number of H-pyrrole nitrogens is 1. The minimum atomic E-state index is -0.490. The second-order valence-electron chi connectivity index (χ2n) is 2.96. The van der Waals surface area contributed by atoms with E-state index in [4.69, 9.17) is 9.47 Å². The highest BCUT2D eigenvalue weighted by molar-refractivity contribution is 5.91. The summed E-state index contributed by atoms with van der Waals surface area (Å²) in [6.07, 6.45) is 1.33. The molecule has 0 aliphatic carbocycles. The Bertz CT molecular complexity index is 373. The van der Waals surface area contributed by atoms with Crippen LogP contribution in [0.3, 0.4) is 0 Å². The fourth-order valence-electron chi connectivity index (χ4n) is 1.19. The average molecular weight is 226 g/mol. The number of aromatic amines is 1. The first kappa shape index (κ1) is 12.2. The second-order valence-corrected chi connectivity index (χ2v) is 2.96. The van der Waals surface area contributed by atoms with Gasteiger partial charge in [0.05, 0.1) is 31.5 Å². The lowest BCUT2D eigenvalue weighted by atomic mass is 10.2. The lowest BCUT2D eigenvalue weighted by Gasteiger charge is -2.03. The third kappa shape index (κ3) is 3.08. The van der Waals surface area contributed by atoms with Crippen molar-refractivity contribution in [2.24, 2.45) is 0 Å². The third-order valence-electron chi connectivity index (χ3n) is 1.84. The molecule has 0 aliphatic heterocycles. The van der Waals surface area contributed by atoms with E-state index in [0.29, 0.717) is 12.3 Å². The summed E-state index contributed by atoms with van der Waals surface area (Å²) in [5, 5.41) is 6.29. The van der Waals surface area contributed by atoms with Gasteiger partial charge in [-0.2, -0.15) is 5.10 Å². The van der Waals surface area contributed by atoms with Gasteiger partial charge < -0.3 is 9.47 Å². The molecule has 0 saturated heterocycles. The van der Waals surface area contributed by atoms with Gasteiger partial charge in [0.15, 0.2) is 0 Å². The van der Waals surface area contributed by atoms with Crippen molar-refractivity contribution in [3.05, 3.63) is 17.5 Å². The molecule has 6 heteroatoms. The number of carbonyl (C=O) groups is 2. The summed E-state index contributed by atoms with van der Waals surface area (Å²) in [4.78, 5) is 22.7. The lowest BCUT2D eigenvalue weighted by Crippen LogP contribution is -2.12. The predicted molar refractivity (Wildman–Crippen MR) is 54.9 cm³/mol. The van der Waals surface area contributed by atoms with Gasteiger partial charge in [0.25, 0.3) is 0 Å². The van der Waals surface area contributed by atoms with Crippen LogP contribution >= 0.6 is 0 Å². The Hall–Kier alpha value is -1.85. The van der Waals surface area contributed by atoms with E-state index in [-0.39, 0.29) is 18.6 Å². The van der Waals surface area contributed by atoms with E-state index < -0.39 is 11.9 Å². The molecule has 6 nitrogen and oxygen atoms in total. The van der Waals surface area contributed by atoms with Gasteiger partial charge in [-0.15, -0.1) is 0 Å². The maximum Gasteiger partial charge on any atom is 0.341 e. The Morgan fingerprint density at radius 3 is 2.62 bits per heavy atom. The molecule has 16 heavy (non-hydrogen) atoms. The van der Waals surface area contributed by atoms with Crippen molar-refractivity contribution < 1.29 is 19.1 Å². The van der Waals surface area contributed by atoms with Crippen LogP contribution in [0.4, 0.5) is 0 Å². The van der Waals surface area contributed by atoms with Crippen molar-refractivity contribution >= 4 is 11.9 Å². The molecule has 0 aliphatic rings. The van der Waals surface area contributed by atoms with Gasteiger partial charge in [0, 0.05) is 0 Å². The summed E-state index contributed by atoms with van der Waals surface area (Å²) >= 11 is 0. The first-order valence-corrected chi connectivity index (χ1v) is 5.04.